The molecular weight excluding hydrogens is 344 g/mol. The molecule has 7 nitrogen and oxygen atoms in total. The molecule has 10 heteroatoms. The molecule has 0 radical (unpaired) electrons. The molecule has 1 aliphatic rings. The van der Waals surface area contributed by atoms with Crippen LogP contribution < -0.4 is 4.90 Å². The van der Waals surface area contributed by atoms with Crippen molar-refractivity contribution in [2.75, 3.05) is 18.0 Å². The van der Waals surface area contributed by atoms with Gasteiger partial charge in [0.25, 0.3) is 0 Å². The number of anilines is 1. The monoisotopic (exact) mass is 353 g/mol. The van der Waals surface area contributed by atoms with E-state index in [0.29, 0.717) is 13.1 Å². The van der Waals surface area contributed by atoms with Gasteiger partial charge in [0.2, 0.25) is 0 Å². The predicted octanol–water partition coefficient (Wildman–Crippen LogP) is 4.45. The Balaban J connectivity index is 2.77. The van der Waals surface area contributed by atoms with Crippen LogP contribution in [0.2, 0.25) is 15.1 Å². The molecular formula is C11H10Cl3N3O4. The summed E-state index contributed by atoms with van der Waals surface area (Å²) in [5.74, 6) is 0. The van der Waals surface area contributed by atoms with Crippen LogP contribution in [0.4, 0.5) is 17.1 Å². The summed E-state index contributed by atoms with van der Waals surface area (Å²) < 4.78 is 0. The molecule has 0 saturated carbocycles. The Labute approximate surface area is 134 Å². The van der Waals surface area contributed by atoms with Gasteiger partial charge < -0.3 is 4.90 Å². The van der Waals surface area contributed by atoms with E-state index in [1.807, 2.05) is 0 Å². The Hall–Kier alpha value is -1.31. The third-order valence-corrected chi connectivity index (χ3v) is 4.59. The van der Waals surface area contributed by atoms with Gasteiger partial charge in [0.15, 0.2) is 0 Å². The molecule has 0 spiro atoms. The Morgan fingerprint density at radius 1 is 0.810 bits per heavy atom. The van der Waals surface area contributed by atoms with E-state index in [9.17, 15) is 20.2 Å². The van der Waals surface area contributed by atoms with Gasteiger partial charge in [-0.2, -0.15) is 0 Å². The summed E-state index contributed by atoms with van der Waals surface area (Å²) in [7, 11) is 0. The molecule has 1 heterocycles. The number of nitro benzene ring substituents is 2. The molecule has 0 aromatic heterocycles. The lowest BCUT2D eigenvalue weighted by atomic mass is 10.1. The molecule has 0 bridgehead atoms. The Bertz CT molecular complexity index is 617. The maximum atomic E-state index is 11.3. The summed E-state index contributed by atoms with van der Waals surface area (Å²) in [6.45, 7) is 1.05. The van der Waals surface area contributed by atoms with Crippen LogP contribution in [0.1, 0.15) is 19.3 Å². The van der Waals surface area contributed by atoms with Crippen LogP contribution in [0, 0.1) is 20.2 Å². The molecule has 1 fully saturated rings. The van der Waals surface area contributed by atoms with Crippen LogP contribution >= 0.6 is 34.8 Å². The lowest BCUT2D eigenvalue weighted by Gasteiger charge is -2.29. The second-order valence-corrected chi connectivity index (χ2v) is 5.68. The number of hydrogen-bond donors (Lipinski definition) is 0. The average molecular weight is 355 g/mol. The molecule has 0 amide bonds. The smallest absolute Gasteiger partial charge is 0.364 e. The number of halogens is 3. The normalized spacial score (nSPS) is 15.1. The number of hydrogen-bond acceptors (Lipinski definition) is 5. The van der Waals surface area contributed by atoms with E-state index >= 15 is 0 Å². The van der Waals surface area contributed by atoms with E-state index in [-0.39, 0.29) is 15.7 Å². The highest BCUT2D eigenvalue weighted by Crippen LogP contribution is 2.51. The molecule has 0 atom stereocenters. The minimum absolute atomic E-state index is 0.0255. The first-order valence-electron chi connectivity index (χ1n) is 6.10. The summed E-state index contributed by atoms with van der Waals surface area (Å²) in [4.78, 5) is 22.4. The van der Waals surface area contributed by atoms with Crippen molar-refractivity contribution in [2.24, 2.45) is 0 Å². The van der Waals surface area contributed by atoms with Gasteiger partial charge in [0, 0.05) is 13.1 Å². The maximum absolute atomic E-state index is 11.3. The van der Waals surface area contributed by atoms with Gasteiger partial charge in [-0.3, -0.25) is 20.2 Å². The molecule has 1 aromatic carbocycles. The summed E-state index contributed by atoms with van der Waals surface area (Å²) in [6, 6.07) is 0. The Morgan fingerprint density at radius 2 is 1.33 bits per heavy atom. The minimum atomic E-state index is -0.907. The van der Waals surface area contributed by atoms with Gasteiger partial charge in [0.1, 0.15) is 10.7 Å². The molecule has 1 aliphatic heterocycles. The van der Waals surface area contributed by atoms with E-state index in [1.54, 1.807) is 4.90 Å². The summed E-state index contributed by atoms with van der Waals surface area (Å²) in [5.41, 5.74) is -1.56. The van der Waals surface area contributed by atoms with Gasteiger partial charge in [-0.25, -0.2) is 0 Å². The molecule has 21 heavy (non-hydrogen) atoms. The van der Waals surface area contributed by atoms with Gasteiger partial charge in [-0.05, 0) is 19.3 Å². The average Bonchev–Trinajstić information content (AvgIpc) is 2.44. The van der Waals surface area contributed by atoms with Crippen molar-refractivity contribution in [3.63, 3.8) is 0 Å². The quantitative estimate of drug-likeness (QED) is 0.454. The number of benzene rings is 1. The van der Waals surface area contributed by atoms with Crippen molar-refractivity contribution in [1.82, 2.24) is 0 Å². The highest BCUT2D eigenvalue weighted by atomic mass is 35.5. The molecule has 0 N–H and O–H groups in total. The maximum Gasteiger partial charge on any atom is 0.372 e. The molecule has 0 unspecified atom stereocenters. The van der Waals surface area contributed by atoms with Crippen LogP contribution in [-0.2, 0) is 0 Å². The number of rotatable bonds is 3. The highest BCUT2D eigenvalue weighted by molar-refractivity contribution is 6.50. The van der Waals surface area contributed by atoms with Crippen molar-refractivity contribution in [3.05, 3.63) is 35.3 Å². The second-order valence-electron chi connectivity index (χ2n) is 4.55. The van der Waals surface area contributed by atoms with Crippen LogP contribution in [0.5, 0.6) is 0 Å². The third kappa shape index (κ3) is 2.86. The van der Waals surface area contributed by atoms with Crippen molar-refractivity contribution < 1.29 is 9.85 Å². The molecule has 1 aromatic rings. The lowest BCUT2D eigenvalue weighted by Crippen LogP contribution is -2.30. The fraction of sp³-hybridized carbons (Fsp3) is 0.455. The van der Waals surface area contributed by atoms with Crippen LogP contribution in [0.25, 0.3) is 0 Å². The number of nitrogens with zero attached hydrogens (tertiary/aromatic N) is 3. The molecule has 114 valence electrons. The topological polar surface area (TPSA) is 89.5 Å². The fourth-order valence-corrected chi connectivity index (χ4v) is 3.15. The van der Waals surface area contributed by atoms with Gasteiger partial charge >= 0.3 is 11.4 Å². The predicted molar refractivity (Wildman–Crippen MR) is 80.8 cm³/mol. The first kappa shape index (κ1) is 16.1. The zero-order chi connectivity index (χ0) is 15.7. The SMILES string of the molecule is O=[N+]([O-])c1c(Cl)c(Cl)c(Cl)c(N2CCCCC2)c1[N+](=O)[O-]. The Kier molecular flexibility index (Phi) is 4.75. The van der Waals surface area contributed by atoms with Gasteiger partial charge in [-0.15, -0.1) is 0 Å². The summed E-state index contributed by atoms with van der Waals surface area (Å²) in [5, 5.41) is 21.6. The van der Waals surface area contributed by atoms with Crippen LogP contribution in [0.15, 0.2) is 0 Å². The van der Waals surface area contributed by atoms with Crippen molar-refractivity contribution in [1.29, 1.82) is 0 Å². The largest absolute Gasteiger partial charge is 0.372 e. The standard InChI is InChI=1S/C11H10Cl3N3O4/c12-6-7(13)9(15-4-2-1-3-5-15)11(17(20)21)10(8(6)14)16(18)19/h1-5H2. The Morgan fingerprint density at radius 3 is 1.81 bits per heavy atom. The van der Waals surface area contributed by atoms with E-state index in [0.717, 1.165) is 19.3 Å². The number of nitro groups is 2. The van der Waals surface area contributed by atoms with Crippen molar-refractivity contribution in [3.8, 4) is 0 Å². The highest BCUT2D eigenvalue weighted by Gasteiger charge is 2.39. The van der Waals surface area contributed by atoms with Crippen molar-refractivity contribution in [2.45, 2.75) is 19.3 Å². The van der Waals surface area contributed by atoms with E-state index in [1.165, 1.54) is 0 Å². The lowest BCUT2D eigenvalue weighted by molar-refractivity contribution is -0.421. The zero-order valence-corrected chi connectivity index (χ0v) is 12.9. The minimum Gasteiger partial charge on any atom is -0.364 e. The number of piperidine rings is 1. The van der Waals surface area contributed by atoms with E-state index in [4.69, 9.17) is 34.8 Å². The van der Waals surface area contributed by atoms with Gasteiger partial charge in [-0.1, -0.05) is 34.8 Å². The van der Waals surface area contributed by atoms with Crippen LogP contribution in [0.3, 0.4) is 0 Å². The first-order valence-corrected chi connectivity index (χ1v) is 7.23. The molecule has 2 rings (SSSR count). The summed E-state index contributed by atoms with van der Waals surface area (Å²) in [6.07, 6.45) is 2.63. The second kappa shape index (κ2) is 6.21. The zero-order valence-electron chi connectivity index (χ0n) is 10.6. The van der Waals surface area contributed by atoms with E-state index < -0.39 is 26.2 Å². The van der Waals surface area contributed by atoms with Crippen LogP contribution in [-0.4, -0.2) is 22.9 Å². The molecule has 1 saturated heterocycles. The fourth-order valence-electron chi connectivity index (χ4n) is 2.37. The third-order valence-electron chi connectivity index (χ3n) is 3.29. The first-order chi connectivity index (χ1) is 9.86. The summed E-state index contributed by atoms with van der Waals surface area (Å²) >= 11 is 17.8. The van der Waals surface area contributed by atoms with Crippen molar-refractivity contribution >= 4 is 51.9 Å². The van der Waals surface area contributed by atoms with Gasteiger partial charge in [0.05, 0.1) is 19.9 Å². The molecule has 0 aliphatic carbocycles. The van der Waals surface area contributed by atoms with E-state index in [2.05, 4.69) is 0 Å².